The Hall–Kier alpha value is -2.44. The van der Waals surface area contributed by atoms with Gasteiger partial charge in [-0.3, -0.25) is 14.0 Å². The van der Waals surface area contributed by atoms with Crippen molar-refractivity contribution in [3.63, 3.8) is 0 Å². The van der Waals surface area contributed by atoms with E-state index in [1.165, 1.54) is 0 Å². The zero-order chi connectivity index (χ0) is 19.5. The maximum Gasteiger partial charge on any atom is 0.274 e. The number of hydrogen-bond donors (Lipinski definition) is 0. The molecule has 4 rings (SSSR count). The van der Waals surface area contributed by atoms with Crippen LogP contribution in [0.4, 0.5) is 0 Å². The van der Waals surface area contributed by atoms with Crippen molar-refractivity contribution in [2.45, 2.75) is 45.4 Å². The van der Waals surface area contributed by atoms with Crippen molar-refractivity contribution >= 4 is 17.6 Å². The Bertz CT molecular complexity index is 799. The predicted molar refractivity (Wildman–Crippen MR) is 106 cm³/mol. The topological polar surface area (TPSA) is 70.8 Å². The molecule has 28 heavy (non-hydrogen) atoms. The second-order valence-corrected chi connectivity index (χ2v) is 8.05. The molecule has 2 aromatic rings. The minimum atomic E-state index is 0.00364. The van der Waals surface area contributed by atoms with Gasteiger partial charge in [0.05, 0.1) is 0 Å². The number of aromatic nitrogens is 3. The molecule has 150 valence electrons. The Labute approximate surface area is 165 Å². The largest absolute Gasteiger partial charge is 0.343 e. The summed E-state index contributed by atoms with van der Waals surface area (Å²) in [5.41, 5.74) is 0.472. The monoisotopic (exact) mass is 383 g/mol. The highest BCUT2D eigenvalue weighted by Gasteiger charge is 2.32. The van der Waals surface area contributed by atoms with E-state index in [4.69, 9.17) is 0 Å². The molecule has 2 aliphatic rings. The second kappa shape index (κ2) is 8.29. The van der Waals surface area contributed by atoms with Gasteiger partial charge in [-0.2, -0.15) is 0 Å². The fraction of sp³-hybridized carbons (Fsp3) is 0.619. The van der Waals surface area contributed by atoms with E-state index < -0.39 is 0 Å². The quantitative estimate of drug-likeness (QED) is 0.814. The van der Waals surface area contributed by atoms with E-state index in [0.717, 1.165) is 58.3 Å². The fourth-order valence-electron chi connectivity index (χ4n) is 4.66. The molecule has 0 saturated carbocycles. The third-order valence-electron chi connectivity index (χ3n) is 6.30. The van der Waals surface area contributed by atoms with E-state index in [-0.39, 0.29) is 5.91 Å². The van der Waals surface area contributed by atoms with Crippen molar-refractivity contribution in [3.05, 3.63) is 30.4 Å². The second-order valence-electron chi connectivity index (χ2n) is 8.05. The van der Waals surface area contributed by atoms with E-state index in [2.05, 4.69) is 16.9 Å². The Morgan fingerprint density at radius 2 is 1.68 bits per heavy atom. The van der Waals surface area contributed by atoms with Gasteiger partial charge in [0.1, 0.15) is 5.69 Å². The lowest BCUT2D eigenvalue weighted by Gasteiger charge is -2.40. The number of carbonyl (C=O) groups is 2. The third-order valence-corrected chi connectivity index (χ3v) is 6.30. The molecule has 2 aromatic heterocycles. The van der Waals surface area contributed by atoms with Crippen molar-refractivity contribution in [2.24, 2.45) is 11.8 Å². The predicted octanol–water partition coefficient (Wildman–Crippen LogP) is 2.62. The summed E-state index contributed by atoms with van der Waals surface area (Å²) in [6.07, 6.45) is 11.2. The summed E-state index contributed by atoms with van der Waals surface area (Å²) in [5.74, 6) is 2.22. The van der Waals surface area contributed by atoms with Crippen molar-refractivity contribution < 1.29 is 9.59 Å². The van der Waals surface area contributed by atoms with Gasteiger partial charge >= 0.3 is 0 Å². The van der Waals surface area contributed by atoms with E-state index in [0.29, 0.717) is 35.6 Å². The zero-order valence-electron chi connectivity index (χ0n) is 16.6. The molecule has 0 N–H and O–H groups in total. The molecule has 0 aromatic carbocycles. The van der Waals surface area contributed by atoms with Gasteiger partial charge in [-0.15, -0.1) is 0 Å². The number of piperidine rings is 2. The van der Waals surface area contributed by atoms with Crippen molar-refractivity contribution in [3.8, 4) is 0 Å². The van der Waals surface area contributed by atoms with Gasteiger partial charge in [-0.1, -0.05) is 6.92 Å². The van der Waals surface area contributed by atoms with E-state index in [1.807, 2.05) is 22.1 Å². The van der Waals surface area contributed by atoms with E-state index >= 15 is 0 Å². The molecule has 0 aliphatic carbocycles. The lowest BCUT2D eigenvalue weighted by molar-refractivity contribution is -0.133. The Morgan fingerprint density at radius 1 is 1.04 bits per heavy atom. The van der Waals surface area contributed by atoms with Crippen LogP contribution in [-0.4, -0.2) is 62.2 Å². The standard InChI is InChI=1S/C21H29N5O2/c1-2-4-19(27)24-11-5-16(6-12-24)17-7-13-25(14-8-17)20(28)18-15-26-10-3-9-22-21(26)23-18/h3,9-10,15-17H,2,4-8,11-14H2,1H3. The summed E-state index contributed by atoms with van der Waals surface area (Å²) in [7, 11) is 0. The molecule has 0 bridgehead atoms. The number of likely N-dealkylation sites (tertiary alicyclic amines) is 2. The van der Waals surface area contributed by atoms with Crippen LogP contribution >= 0.6 is 0 Å². The molecule has 2 saturated heterocycles. The first-order valence-electron chi connectivity index (χ1n) is 10.5. The molecule has 7 nitrogen and oxygen atoms in total. The maximum absolute atomic E-state index is 12.8. The molecular weight excluding hydrogens is 354 g/mol. The average molecular weight is 383 g/mol. The molecule has 0 spiro atoms. The molecule has 0 atom stereocenters. The summed E-state index contributed by atoms with van der Waals surface area (Å²) < 4.78 is 1.79. The summed E-state index contributed by atoms with van der Waals surface area (Å²) >= 11 is 0. The van der Waals surface area contributed by atoms with Crippen molar-refractivity contribution in [2.75, 3.05) is 26.2 Å². The van der Waals surface area contributed by atoms with Gasteiger partial charge in [0.15, 0.2) is 0 Å². The van der Waals surface area contributed by atoms with Gasteiger partial charge in [0.25, 0.3) is 5.91 Å². The summed E-state index contributed by atoms with van der Waals surface area (Å²) in [6, 6.07) is 1.83. The lowest BCUT2D eigenvalue weighted by Crippen LogP contribution is -2.44. The van der Waals surface area contributed by atoms with Crippen LogP contribution in [0.1, 0.15) is 55.9 Å². The van der Waals surface area contributed by atoms with Crippen LogP contribution in [0.15, 0.2) is 24.7 Å². The van der Waals surface area contributed by atoms with Crippen LogP contribution < -0.4 is 0 Å². The molecule has 4 heterocycles. The summed E-state index contributed by atoms with van der Waals surface area (Å²) in [4.78, 5) is 37.4. The summed E-state index contributed by atoms with van der Waals surface area (Å²) in [5, 5.41) is 0. The van der Waals surface area contributed by atoms with E-state index in [9.17, 15) is 9.59 Å². The first-order chi connectivity index (χ1) is 13.7. The number of fused-ring (bicyclic) bond motifs is 1. The average Bonchev–Trinajstić information content (AvgIpc) is 3.18. The smallest absolute Gasteiger partial charge is 0.274 e. The van der Waals surface area contributed by atoms with Crippen LogP contribution in [0.2, 0.25) is 0 Å². The molecule has 2 fully saturated rings. The lowest BCUT2D eigenvalue weighted by atomic mass is 9.78. The molecule has 0 unspecified atom stereocenters. The third kappa shape index (κ3) is 3.88. The molecule has 0 radical (unpaired) electrons. The first kappa shape index (κ1) is 18.9. The SMILES string of the molecule is CCCC(=O)N1CCC(C2CCN(C(=O)c3cn4cccnc4n3)CC2)CC1. The highest BCUT2D eigenvalue weighted by Crippen LogP contribution is 2.33. The van der Waals surface area contributed by atoms with Gasteiger partial charge in [0, 0.05) is 51.2 Å². The Morgan fingerprint density at radius 3 is 2.29 bits per heavy atom. The normalized spacial score (nSPS) is 19.3. The van der Waals surface area contributed by atoms with Gasteiger partial charge in [0.2, 0.25) is 11.7 Å². The van der Waals surface area contributed by atoms with Gasteiger partial charge < -0.3 is 9.80 Å². The number of nitrogens with zero attached hydrogens (tertiary/aromatic N) is 5. The van der Waals surface area contributed by atoms with Crippen LogP contribution in [0.3, 0.4) is 0 Å². The minimum Gasteiger partial charge on any atom is -0.343 e. The maximum atomic E-state index is 12.8. The zero-order valence-corrected chi connectivity index (χ0v) is 16.6. The number of amides is 2. The summed E-state index contributed by atoms with van der Waals surface area (Å²) in [6.45, 7) is 5.44. The fourth-order valence-corrected chi connectivity index (χ4v) is 4.66. The highest BCUT2D eigenvalue weighted by atomic mass is 16.2. The van der Waals surface area contributed by atoms with Gasteiger partial charge in [-0.25, -0.2) is 9.97 Å². The number of imidazole rings is 1. The Kier molecular flexibility index (Phi) is 5.59. The first-order valence-corrected chi connectivity index (χ1v) is 10.5. The molecule has 2 amide bonds. The van der Waals surface area contributed by atoms with Crippen LogP contribution in [0, 0.1) is 11.8 Å². The number of hydrogen-bond acceptors (Lipinski definition) is 4. The highest BCUT2D eigenvalue weighted by molar-refractivity contribution is 5.92. The molecule has 2 aliphatic heterocycles. The minimum absolute atomic E-state index is 0.00364. The van der Waals surface area contributed by atoms with Gasteiger partial charge in [-0.05, 0) is 50.0 Å². The van der Waals surface area contributed by atoms with Crippen LogP contribution in [-0.2, 0) is 4.79 Å². The van der Waals surface area contributed by atoms with Crippen LogP contribution in [0.25, 0.3) is 5.78 Å². The van der Waals surface area contributed by atoms with Crippen LogP contribution in [0.5, 0.6) is 0 Å². The van der Waals surface area contributed by atoms with Crippen molar-refractivity contribution in [1.82, 2.24) is 24.2 Å². The van der Waals surface area contributed by atoms with Crippen molar-refractivity contribution in [1.29, 1.82) is 0 Å². The number of rotatable bonds is 4. The Balaban J connectivity index is 1.29. The number of carbonyl (C=O) groups excluding carboxylic acids is 2. The molecule has 7 heteroatoms. The van der Waals surface area contributed by atoms with E-state index in [1.54, 1.807) is 16.8 Å². The molecular formula is C21H29N5O2.